The Labute approximate surface area is 192 Å². The molecule has 2 heterocycles. The van der Waals surface area contributed by atoms with E-state index in [2.05, 4.69) is 29.5 Å². The molecule has 1 saturated heterocycles. The summed E-state index contributed by atoms with van der Waals surface area (Å²) in [6.07, 6.45) is 0.974. The van der Waals surface area contributed by atoms with Gasteiger partial charge >= 0.3 is 6.09 Å². The van der Waals surface area contributed by atoms with Crippen LogP contribution >= 0.6 is 11.6 Å². The van der Waals surface area contributed by atoms with Crippen LogP contribution in [-0.4, -0.2) is 40.3 Å². The minimum absolute atomic E-state index is 0.348. The second-order valence-electron chi connectivity index (χ2n) is 7.96. The summed E-state index contributed by atoms with van der Waals surface area (Å²) in [7, 11) is 1.62. The Morgan fingerprint density at radius 2 is 2.00 bits per heavy atom. The summed E-state index contributed by atoms with van der Waals surface area (Å²) in [5.41, 5.74) is 2.43. The molecule has 1 N–H and O–H groups in total. The number of carbonyl (C=O) groups excluding carboxylic acids is 1. The zero-order valence-electron chi connectivity index (χ0n) is 18.2. The van der Waals surface area contributed by atoms with E-state index in [9.17, 15) is 4.79 Å². The quantitative estimate of drug-likeness (QED) is 0.548. The van der Waals surface area contributed by atoms with E-state index in [1.807, 2.05) is 42.6 Å². The topological polar surface area (TPSA) is 81.5 Å². The molecule has 0 saturated carbocycles. The van der Waals surface area contributed by atoms with Crippen molar-refractivity contribution in [1.82, 2.24) is 20.3 Å². The molecule has 3 aromatic rings. The molecule has 0 aliphatic carbocycles. The van der Waals surface area contributed by atoms with Crippen LogP contribution in [-0.2, 0) is 17.8 Å². The second-order valence-corrected chi connectivity index (χ2v) is 8.39. The van der Waals surface area contributed by atoms with Crippen molar-refractivity contribution in [2.75, 3.05) is 12.0 Å². The Bertz CT molecular complexity index is 1070. The Kier molecular flexibility index (Phi) is 6.62. The van der Waals surface area contributed by atoms with Crippen molar-refractivity contribution < 1.29 is 14.3 Å². The SMILES string of the molecule is COc1cccc([C@H]2[C@H](Cn3cc(CNC(C)C)nn3)OC(=O)N2c2ccc(Cl)cc2)c1. The number of cyclic esters (lactones) is 1. The maximum Gasteiger partial charge on any atom is 0.415 e. The van der Waals surface area contributed by atoms with Gasteiger partial charge in [0, 0.05) is 29.5 Å². The van der Waals surface area contributed by atoms with E-state index in [0.717, 1.165) is 11.3 Å². The van der Waals surface area contributed by atoms with Crippen molar-refractivity contribution >= 4 is 23.4 Å². The van der Waals surface area contributed by atoms with Crippen molar-refractivity contribution in [1.29, 1.82) is 0 Å². The molecule has 0 unspecified atom stereocenters. The van der Waals surface area contributed by atoms with Crippen LogP contribution in [0, 0.1) is 0 Å². The van der Waals surface area contributed by atoms with Gasteiger partial charge in [-0.05, 0) is 42.0 Å². The minimum atomic E-state index is -0.474. The number of benzene rings is 2. The summed E-state index contributed by atoms with van der Waals surface area (Å²) in [5.74, 6) is 0.708. The van der Waals surface area contributed by atoms with Gasteiger partial charge in [0.05, 0.1) is 19.3 Å². The molecule has 168 valence electrons. The highest BCUT2D eigenvalue weighted by atomic mass is 35.5. The first-order chi connectivity index (χ1) is 15.4. The van der Waals surface area contributed by atoms with Crippen LogP contribution in [0.25, 0.3) is 0 Å². The summed E-state index contributed by atoms with van der Waals surface area (Å²) in [6.45, 7) is 5.14. The number of aromatic nitrogens is 3. The highest BCUT2D eigenvalue weighted by Gasteiger charge is 2.44. The van der Waals surface area contributed by atoms with E-state index in [1.165, 1.54) is 0 Å². The zero-order valence-corrected chi connectivity index (χ0v) is 19.0. The monoisotopic (exact) mass is 455 g/mol. The average Bonchev–Trinajstić information content (AvgIpc) is 3.36. The van der Waals surface area contributed by atoms with Crippen LogP contribution in [0.5, 0.6) is 5.75 Å². The third kappa shape index (κ3) is 4.87. The molecule has 1 amide bonds. The maximum atomic E-state index is 13.0. The van der Waals surface area contributed by atoms with Crippen LogP contribution < -0.4 is 15.0 Å². The zero-order chi connectivity index (χ0) is 22.7. The van der Waals surface area contributed by atoms with Crippen molar-refractivity contribution in [2.24, 2.45) is 0 Å². The summed E-state index contributed by atoms with van der Waals surface area (Å²) < 4.78 is 12.9. The Hall–Kier alpha value is -3.10. The normalized spacial score (nSPS) is 18.3. The van der Waals surface area contributed by atoms with E-state index in [0.29, 0.717) is 35.6 Å². The predicted molar refractivity (Wildman–Crippen MR) is 122 cm³/mol. The van der Waals surface area contributed by atoms with E-state index >= 15 is 0 Å². The van der Waals surface area contributed by atoms with E-state index < -0.39 is 12.2 Å². The molecule has 8 nitrogen and oxygen atoms in total. The Morgan fingerprint density at radius 1 is 1.22 bits per heavy atom. The van der Waals surface area contributed by atoms with Crippen molar-refractivity contribution in [3.8, 4) is 5.75 Å². The van der Waals surface area contributed by atoms with Crippen LogP contribution in [0.2, 0.25) is 5.02 Å². The molecule has 0 spiro atoms. The van der Waals surface area contributed by atoms with Crippen LogP contribution in [0.15, 0.2) is 54.7 Å². The number of methoxy groups -OCH3 is 1. The molecular weight excluding hydrogens is 430 g/mol. The fourth-order valence-corrected chi connectivity index (χ4v) is 3.85. The maximum absolute atomic E-state index is 13.0. The van der Waals surface area contributed by atoms with E-state index in [1.54, 1.807) is 28.8 Å². The summed E-state index contributed by atoms with van der Waals surface area (Å²) in [6, 6.07) is 14.8. The summed E-state index contributed by atoms with van der Waals surface area (Å²) in [4.78, 5) is 14.6. The number of hydrogen-bond donors (Lipinski definition) is 1. The number of anilines is 1. The van der Waals surface area contributed by atoms with E-state index in [-0.39, 0.29) is 6.04 Å². The van der Waals surface area contributed by atoms with Gasteiger partial charge in [0.15, 0.2) is 0 Å². The molecule has 2 aromatic carbocycles. The lowest BCUT2D eigenvalue weighted by Gasteiger charge is -2.25. The largest absolute Gasteiger partial charge is 0.497 e. The molecule has 1 fully saturated rings. The third-order valence-electron chi connectivity index (χ3n) is 5.26. The second kappa shape index (κ2) is 9.58. The van der Waals surface area contributed by atoms with Crippen LogP contribution in [0.4, 0.5) is 10.5 Å². The molecule has 9 heteroatoms. The van der Waals surface area contributed by atoms with Gasteiger partial charge in [-0.2, -0.15) is 0 Å². The smallest absolute Gasteiger partial charge is 0.415 e. The molecule has 0 radical (unpaired) electrons. The van der Waals surface area contributed by atoms with Gasteiger partial charge in [-0.15, -0.1) is 5.10 Å². The number of amides is 1. The molecule has 1 aliphatic rings. The van der Waals surface area contributed by atoms with Crippen molar-refractivity contribution in [3.63, 3.8) is 0 Å². The van der Waals surface area contributed by atoms with Gasteiger partial charge < -0.3 is 14.8 Å². The minimum Gasteiger partial charge on any atom is -0.497 e. The van der Waals surface area contributed by atoms with Gasteiger partial charge in [-0.25, -0.2) is 9.48 Å². The first kappa shape index (κ1) is 22.1. The molecule has 0 bridgehead atoms. The molecule has 2 atom stereocenters. The molecule has 1 aliphatic heterocycles. The lowest BCUT2D eigenvalue weighted by Crippen LogP contribution is -2.31. The lowest BCUT2D eigenvalue weighted by atomic mass is 9.99. The molecule has 32 heavy (non-hydrogen) atoms. The van der Waals surface area contributed by atoms with Crippen molar-refractivity contribution in [2.45, 2.75) is 45.1 Å². The number of rotatable bonds is 8. The fourth-order valence-electron chi connectivity index (χ4n) is 3.73. The van der Waals surface area contributed by atoms with Gasteiger partial charge in [-0.3, -0.25) is 4.90 Å². The first-order valence-corrected chi connectivity index (χ1v) is 10.8. The summed E-state index contributed by atoms with van der Waals surface area (Å²) >= 11 is 6.06. The van der Waals surface area contributed by atoms with Gasteiger partial charge in [0.1, 0.15) is 17.9 Å². The molecular formula is C23H26ClN5O3. The van der Waals surface area contributed by atoms with E-state index in [4.69, 9.17) is 21.1 Å². The Balaban J connectivity index is 1.64. The summed E-state index contributed by atoms with van der Waals surface area (Å²) in [5, 5.41) is 12.4. The lowest BCUT2D eigenvalue weighted by molar-refractivity contribution is 0.117. The number of hydrogen-bond acceptors (Lipinski definition) is 6. The number of carbonyl (C=O) groups is 1. The van der Waals surface area contributed by atoms with Gasteiger partial charge in [0.25, 0.3) is 0 Å². The Morgan fingerprint density at radius 3 is 2.72 bits per heavy atom. The highest BCUT2D eigenvalue weighted by Crippen LogP contribution is 2.39. The van der Waals surface area contributed by atoms with Crippen LogP contribution in [0.3, 0.4) is 0 Å². The fraction of sp³-hybridized carbons (Fsp3) is 0.348. The first-order valence-electron chi connectivity index (χ1n) is 10.5. The third-order valence-corrected chi connectivity index (χ3v) is 5.52. The highest BCUT2D eigenvalue weighted by molar-refractivity contribution is 6.30. The van der Waals surface area contributed by atoms with Crippen LogP contribution in [0.1, 0.15) is 31.1 Å². The molecule has 4 rings (SSSR count). The number of nitrogens with one attached hydrogen (secondary N) is 1. The average molecular weight is 456 g/mol. The van der Waals surface area contributed by atoms with Crippen molar-refractivity contribution in [3.05, 3.63) is 71.0 Å². The standard InChI is InChI=1S/C23H26ClN5O3/c1-15(2)25-12-18-13-28(27-26-18)14-21-22(16-5-4-6-20(11-16)31-3)29(23(30)32-21)19-9-7-17(24)8-10-19/h4-11,13,15,21-22,25H,12,14H2,1-3H3/t21-,22-/m0/s1. The molecule has 1 aromatic heterocycles. The predicted octanol–water partition coefficient (Wildman–Crippen LogP) is 4.20. The van der Waals surface area contributed by atoms with Gasteiger partial charge in [0.2, 0.25) is 0 Å². The number of ether oxygens (including phenoxy) is 2. The van der Waals surface area contributed by atoms with Gasteiger partial charge in [-0.1, -0.05) is 42.8 Å². The number of nitrogens with zero attached hydrogens (tertiary/aromatic N) is 4. The number of halogens is 1.